The summed E-state index contributed by atoms with van der Waals surface area (Å²) in [5.74, 6) is 0. The minimum absolute atomic E-state index is 0.223. The van der Waals surface area contributed by atoms with Gasteiger partial charge in [-0.25, -0.2) is 0 Å². The van der Waals surface area contributed by atoms with Gasteiger partial charge < -0.3 is 14.5 Å². The smallest absolute Gasteiger partial charge is 0.0928 e. The molecule has 1 atom stereocenters. The third-order valence-corrected chi connectivity index (χ3v) is 4.75. The van der Waals surface area contributed by atoms with Crippen molar-refractivity contribution in [3.05, 3.63) is 53.9 Å². The first-order valence-corrected chi connectivity index (χ1v) is 8.73. The first kappa shape index (κ1) is 15.9. The molecule has 0 aliphatic carbocycles. The Bertz CT molecular complexity index is 1130. The van der Waals surface area contributed by atoms with Gasteiger partial charge in [0.2, 0.25) is 0 Å². The minimum Gasteiger partial charge on any atom is -0.351 e. The van der Waals surface area contributed by atoms with Crippen LogP contribution in [0.1, 0.15) is 6.92 Å². The van der Waals surface area contributed by atoms with Crippen molar-refractivity contribution in [2.45, 2.75) is 13.0 Å². The number of benzene rings is 2. The van der Waals surface area contributed by atoms with Crippen molar-refractivity contribution in [2.75, 3.05) is 20.6 Å². The molecule has 0 radical (unpaired) electrons. The Hall–Kier alpha value is -2.59. The van der Waals surface area contributed by atoms with Crippen LogP contribution in [0.25, 0.3) is 32.8 Å². The molecule has 1 unspecified atom stereocenters. The molecule has 0 fully saturated rings. The Morgan fingerprint density at radius 1 is 1.04 bits per heavy atom. The van der Waals surface area contributed by atoms with Crippen molar-refractivity contribution in [1.82, 2.24) is 14.5 Å². The lowest BCUT2D eigenvalue weighted by Crippen LogP contribution is -2.24. The monoisotopic (exact) mass is 332 g/mol. The van der Waals surface area contributed by atoms with Gasteiger partial charge in [-0.05, 0) is 33.2 Å². The number of fused-ring (bicyclic) bond motifs is 4. The fourth-order valence-corrected chi connectivity index (χ4v) is 3.79. The van der Waals surface area contributed by atoms with Gasteiger partial charge in [-0.15, -0.1) is 0 Å². The number of pyridine rings is 1. The van der Waals surface area contributed by atoms with Gasteiger partial charge in [-0.1, -0.05) is 36.4 Å². The van der Waals surface area contributed by atoms with Crippen LogP contribution in [0.5, 0.6) is 0 Å². The Balaban J connectivity index is 2.18. The van der Waals surface area contributed by atoms with E-state index >= 15 is 0 Å². The number of hydrogen-bond acceptors (Lipinski definition) is 2. The molecule has 4 rings (SSSR count). The van der Waals surface area contributed by atoms with Crippen LogP contribution in [0.15, 0.2) is 53.5 Å². The van der Waals surface area contributed by atoms with Gasteiger partial charge in [0.15, 0.2) is 0 Å². The zero-order chi connectivity index (χ0) is 17.6. The lowest BCUT2D eigenvalue weighted by Gasteiger charge is -2.14. The van der Waals surface area contributed by atoms with Crippen molar-refractivity contribution < 1.29 is 0 Å². The van der Waals surface area contributed by atoms with Gasteiger partial charge in [-0.3, -0.25) is 4.99 Å². The molecule has 4 nitrogen and oxygen atoms in total. The van der Waals surface area contributed by atoms with Crippen LogP contribution in [0.4, 0.5) is 0 Å². The summed E-state index contributed by atoms with van der Waals surface area (Å²) in [6.45, 7) is 3.10. The molecule has 0 amide bonds. The van der Waals surface area contributed by atoms with E-state index in [2.05, 4.69) is 91.0 Å². The minimum atomic E-state index is 0.223. The number of nitrogens with one attached hydrogen (secondary N) is 1. The second kappa shape index (κ2) is 6.05. The summed E-state index contributed by atoms with van der Waals surface area (Å²) in [5, 5.41) is 3.49. The molecular weight excluding hydrogens is 308 g/mol. The van der Waals surface area contributed by atoms with Gasteiger partial charge >= 0.3 is 0 Å². The molecule has 25 heavy (non-hydrogen) atoms. The lowest BCUT2D eigenvalue weighted by atomic mass is 10.1. The Labute approximate surface area is 147 Å². The number of hydrogen-bond donors (Lipinski definition) is 1. The first-order chi connectivity index (χ1) is 12.1. The number of likely N-dealkylation sites (N-methyl/N-ethyl adjacent to an activating group) is 1. The SMILES string of the molecule is CC(CN(C)C)N=c1c2ccccc2n(C)c2c1[nH]c1ccccc12. The summed E-state index contributed by atoms with van der Waals surface area (Å²) in [5.41, 5.74) is 4.69. The maximum atomic E-state index is 5.11. The van der Waals surface area contributed by atoms with Crippen LogP contribution >= 0.6 is 0 Å². The fourth-order valence-electron chi connectivity index (χ4n) is 3.79. The molecule has 128 valence electrons. The zero-order valence-electron chi connectivity index (χ0n) is 15.2. The highest BCUT2D eigenvalue weighted by Gasteiger charge is 2.13. The standard InChI is InChI=1S/C21H24N4/c1-14(13-24(2)3)22-19-16-10-6-8-12-18(16)25(4)21-15-9-5-7-11-17(15)23-20(19)21/h5-12,14,23H,13H2,1-4H3. The number of rotatable bonds is 3. The highest BCUT2D eigenvalue weighted by Crippen LogP contribution is 2.26. The van der Waals surface area contributed by atoms with Crippen LogP contribution in [0.3, 0.4) is 0 Å². The average molecular weight is 332 g/mol. The van der Waals surface area contributed by atoms with E-state index in [1.54, 1.807) is 0 Å². The number of H-pyrrole nitrogens is 1. The number of aryl methyl sites for hydroxylation is 1. The topological polar surface area (TPSA) is 36.3 Å². The summed E-state index contributed by atoms with van der Waals surface area (Å²) in [7, 11) is 6.32. The van der Waals surface area contributed by atoms with Gasteiger partial charge in [0, 0.05) is 29.9 Å². The molecule has 2 aromatic carbocycles. The molecule has 4 heteroatoms. The van der Waals surface area contributed by atoms with Crippen molar-refractivity contribution >= 4 is 32.8 Å². The number of nitrogens with zero attached hydrogens (tertiary/aromatic N) is 3. The highest BCUT2D eigenvalue weighted by molar-refractivity contribution is 6.08. The average Bonchev–Trinajstić information content (AvgIpc) is 2.97. The van der Waals surface area contributed by atoms with Crippen LogP contribution in [-0.4, -0.2) is 41.1 Å². The molecular formula is C21H24N4. The molecule has 0 aliphatic rings. The van der Waals surface area contributed by atoms with E-state index in [1.165, 1.54) is 21.8 Å². The van der Waals surface area contributed by atoms with E-state index in [0.29, 0.717) is 0 Å². The van der Waals surface area contributed by atoms with Gasteiger partial charge in [0.1, 0.15) is 0 Å². The molecule has 0 saturated heterocycles. The fraction of sp³-hybridized carbons (Fsp3) is 0.286. The third kappa shape index (κ3) is 2.63. The largest absolute Gasteiger partial charge is 0.351 e. The summed E-state index contributed by atoms with van der Waals surface area (Å²) < 4.78 is 2.28. The van der Waals surface area contributed by atoms with E-state index in [0.717, 1.165) is 22.9 Å². The number of para-hydroxylation sites is 2. The van der Waals surface area contributed by atoms with Crippen molar-refractivity contribution in [3.63, 3.8) is 0 Å². The molecule has 1 N–H and O–H groups in total. The Morgan fingerprint density at radius 3 is 2.48 bits per heavy atom. The van der Waals surface area contributed by atoms with Gasteiger partial charge in [-0.2, -0.15) is 0 Å². The molecule has 0 aliphatic heterocycles. The highest BCUT2D eigenvalue weighted by atomic mass is 15.1. The van der Waals surface area contributed by atoms with Crippen LogP contribution < -0.4 is 5.36 Å². The molecule has 2 heterocycles. The lowest BCUT2D eigenvalue weighted by molar-refractivity contribution is 0.381. The molecule has 0 bridgehead atoms. The van der Waals surface area contributed by atoms with E-state index in [9.17, 15) is 0 Å². The molecule has 0 saturated carbocycles. The predicted molar refractivity (Wildman–Crippen MR) is 106 cm³/mol. The normalized spacial score (nSPS) is 14.2. The van der Waals surface area contributed by atoms with Crippen LogP contribution in [0.2, 0.25) is 0 Å². The van der Waals surface area contributed by atoms with Gasteiger partial charge in [0.05, 0.1) is 27.9 Å². The maximum Gasteiger partial charge on any atom is 0.0928 e. The summed E-state index contributed by atoms with van der Waals surface area (Å²) >= 11 is 0. The van der Waals surface area contributed by atoms with Crippen LogP contribution in [0, 0.1) is 0 Å². The second-order valence-electron chi connectivity index (χ2n) is 7.06. The van der Waals surface area contributed by atoms with Gasteiger partial charge in [0.25, 0.3) is 0 Å². The number of aromatic nitrogens is 2. The quantitative estimate of drug-likeness (QED) is 0.611. The molecule has 0 spiro atoms. The molecule has 2 aromatic heterocycles. The van der Waals surface area contributed by atoms with Crippen molar-refractivity contribution in [2.24, 2.45) is 12.0 Å². The summed E-state index contributed by atoms with van der Waals surface area (Å²) in [6.07, 6.45) is 0. The van der Waals surface area contributed by atoms with Crippen LogP contribution in [-0.2, 0) is 7.05 Å². The van der Waals surface area contributed by atoms with Crippen molar-refractivity contribution in [3.8, 4) is 0 Å². The zero-order valence-corrected chi connectivity index (χ0v) is 15.2. The summed E-state index contributed by atoms with van der Waals surface area (Å²) in [4.78, 5) is 10.9. The summed E-state index contributed by atoms with van der Waals surface area (Å²) in [6, 6.07) is 17.2. The third-order valence-electron chi connectivity index (χ3n) is 4.75. The van der Waals surface area contributed by atoms with E-state index in [4.69, 9.17) is 4.99 Å². The number of aromatic amines is 1. The molecule has 4 aromatic rings. The maximum absolute atomic E-state index is 5.11. The second-order valence-corrected chi connectivity index (χ2v) is 7.06. The Morgan fingerprint density at radius 2 is 1.72 bits per heavy atom. The predicted octanol–water partition coefficient (Wildman–Crippen LogP) is 3.66. The van der Waals surface area contributed by atoms with E-state index in [-0.39, 0.29) is 6.04 Å². The first-order valence-electron chi connectivity index (χ1n) is 8.73. The van der Waals surface area contributed by atoms with E-state index in [1.807, 2.05) is 0 Å². The van der Waals surface area contributed by atoms with E-state index < -0.39 is 0 Å². The Kier molecular flexibility index (Phi) is 3.85. The van der Waals surface area contributed by atoms with Crippen molar-refractivity contribution in [1.29, 1.82) is 0 Å².